The van der Waals surface area contributed by atoms with Gasteiger partial charge in [-0.25, -0.2) is 23.4 Å². The van der Waals surface area contributed by atoms with Gasteiger partial charge in [0.2, 0.25) is 0 Å². The van der Waals surface area contributed by atoms with Crippen molar-refractivity contribution in [3.8, 4) is 0 Å². The summed E-state index contributed by atoms with van der Waals surface area (Å²) in [6.07, 6.45) is 18.8. The van der Waals surface area contributed by atoms with E-state index < -0.39 is 8.07 Å². The molecule has 2 rings (SSSR count). The van der Waals surface area contributed by atoms with Crippen molar-refractivity contribution in [2.24, 2.45) is 0 Å². The van der Waals surface area contributed by atoms with Crippen molar-refractivity contribution in [1.82, 2.24) is 0 Å². The largest absolute Gasteiger partial charge is 4.00 e. The molecule has 111 valence electrons. The van der Waals surface area contributed by atoms with Gasteiger partial charge in [0.15, 0.2) is 0 Å². The zero-order chi connectivity index (χ0) is 13.1. The maximum atomic E-state index is 3.36. The molecule has 0 spiro atoms. The zero-order valence-corrected chi connectivity index (χ0v) is 19.3. The molecule has 2 aliphatic rings. The quantitative estimate of drug-likeness (QED) is 0.352. The van der Waals surface area contributed by atoms with Gasteiger partial charge in [0.25, 0.3) is 0 Å². The Kier molecular flexibility index (Phi) is 25.9. The van der Waals surface area contributed by atoms with E-state index in [1.807, 2.05) is 12.2 Å². The van der Waals surface area contributed by atoms with E-state index in [0.29, 0.717) is 0 Å². The second-order valence-electron chi connectivity index (χ2n) is 5.03. The predicted molar refractivity (Wildman–Crippen MR) is 84.3 cm³/mol. The summed E-state index contributed by atoms with van der Waals surface area (Å²) in [5.41, 5.74) is 0. The van der Waals surface area contributed by atoms with Crippen LogP contribution in [0.2, 0.25) is 32.7 Å². The van der Waals surface area contributed by atoms with Crippen LogP contribution in [0.15, 0.2) is 35.6 Å². The van der Waals surface area contributed by atoms with Crippen molar-refractivity contribution in [3.63, 3.8) is 0 Å². The Balaban J connectivity index is -0.000000102. The fraction of sp³-hybridized carbons (Fsp3) is 0.467. The molecule has 0 aromatic heterocycles. The van der Waals surface area contributed by atoms with Crippen LogP contribution in [0.3, 0.4) is 0 Å². The molecule has 0 saturated carbocycles. The standard InChI is InChI=1S/C8H13Si.C5H5.C2H7Si.2ClH.Zr/c1-9(2,3)8-6-4-5-7-8;1-2-4-5-3-1;1-3-2;;;/h4,6H,5H2,1-3H3;1-3H,4H2;3H,1-2H3;2*1H;/q2*-1;;;;+4/p-2. The second-order valence-corrected chi connectivity index (χ2v) is 11.2. The van der Waals surface area contributed by atoms with Crippen molar-refractivity contribution in [3.05, 3.63) is 47.7 Å². The summed E-state index contributed by atoms with van der Waals surface area (Å²) in [6, 6.07) is 0. The molecule has 0 nitrogen and oxygen atoms in total. The fourth-order valence-corrected chi connectivity index (χ4v) is 2.51. The third kappa shape index (κ3) is 16.9. The Labute approximate surface area is 161 Å². The molecule has 0 aromatic rings. The smallest absolute Gasteiger partial charge is 1.00 e. The van der Waals surface area contributed by atoms with Crippen LogP contribution in [0, 0.1) is 12.2 Å². The topological polar surface area (TPSA) is 0 Å². The maximum absolute atomic E-state index is 3.36. The van der Waals surface area contributed by atoms with Crippen LogP contribution >= 0.6 is 0 Å². The molecule has 5 heteroatoms. The van der Waals surface area contributed by atoms with Gasteiger partial charge in [0, 0.05) is 17.6 Å². The van der Waals surface area contributed by atoms with Gasteiger partial charge in [-0.05, 0) is 0 Å². The maximum Gasteiger partial charge on any atom is 4.00 e. The predicted octanol–water partition coefficient (Wildman–Crippen LogP) is -1.62. The minimum absolute atomic E-state index is 0. The average molecular weight is 424 g/mol. The molecule has 0 heterocycles. The molecule has 0 aliphatic heterocycles. The van der Waals surface area contributed by atoms with Crippen molar-refractivity contribution in [1.29, 1.82) is 0 Å². The van der Waals surface area contributed by atoms with Crippen LogP contribution in [0.25, 0.3) is 0 Å². The molecule has 0 fully saturated rings. The van der Waals surface area contributed by atoms with Gasteiger partial charge in [-0.1, -0.05) is 32.7 Å². The summed E-state index contributed by atoms with van der Waals surface area (Å²) >= 11 is 0. The Morgan fingerprint density at radius 3 is 1.75 bits per heavy atom. The van der Waals surface area contributed by atoms with Gasteiger partial charge >= 0.3 is 26.2 Å². The van der Waals surface area contributed by atoms with Crippen LogP contribution in [0.1, 0.15) is 12.8 Å². The molecule has 2 aliphatic carbocycles. The number of halogens is 2. The average Bonchev–Trinajstić information content (AvgIpc) is 2.95. The third-order valence-corrected chi connectivity index (χ3v) is 4.05. The summed E-state index contributed by atoms with van der Waals surface area (Å²) in [6.45, 7) is 11.5. The number of rotatable bonds is 1. The molecule has 0 amide bonds. The molecule has 0 saturated heterocycles. The van der Waals surface area contributed by atoms with Crippen molar-refractivity contribution in [2.45, 2.75) is 45.6 Å². The summed E-state index contributed by atoms with van der Waals surface area (Å²) < 4.78 is 0. The van der Waals surface area contributed by atoms with Gasteiger partial charge < -0.3 is 24.8 Å². The van der Waals surface area contributed by atoms with E-state index in [4.69, 9.17) is 0 Å². The fourth-order valence-electron chi connectivity index (χ4n) is 1.26. The van der Waals surface area contributed by atoms with Crippen molar-refractivity contribution < 1.29 is 51.0 Å². The van der Waals surface area contributed by atoms with E-state index in [-0.39, 0.29) is 51.0 Å². The second kappa shape index (κ2) is 17.9. The first-order chi connectivity index (χ1) is 8.02. The van der Waals surface area contributed by atoms with Gasteiger partial charge in [0.05, 0.1) is 0 Å². The van der Waals surface area contributed by atoms with E-state index in [0.717, 1.165) is 22.4 Å². The minimum atomic E-state index is -1.01. The summed E-state index contributed by atoms with van der Waals surface area (Å²) in [5, 5.41) is 1.49. The first-order valence-electron chi connectivity index (χ1n) is 6.26. The number of hydrogen-bond acceptors (Lipinski definition) is 0. The van der Waals surface area contributed by atoms with Crippen molar-refractivity contribution in [2.75, 3.05) is 0 Å². The molecular weight excluding hydrogens is 398 g/mol. The Hall–Kier alpha value is 0.857. The van der Waals surface area contributed by atoms with Gasteiger partial charge in [-0.3, -0.25) is 12.2 Å². The van der Waals surface area contributed by atoms with Gasteiger partial charge in [-0.15, -0.1) is 12.8 Å². The Morgan fingerprint density at radius 1 is 1.05 bits per heavy atom. The van der Waals surface area contributed by atoms with E-state index in [1.54, 1.807) is 0 Å². The summed E-state index contributed by atoms with van der Waals surface area (Å²) in [7, 11) is -0.255. The van der Waals surface area contributed by atoms with E-state index in [9.17, 15) is 0 Å². The SMILES string of the molecule is C[SiH]C.C[Si](C)(C)C1=[C-]CC=C1.[C-]1=CC=CC1.[Cl-].[Cl-].[Zr+4]. The first kappa shape index (κ1) is 28.9. The molecule has 0 N–H and O–H groups in total. The minimum Gasteiger partial charge on any atom is -1.00 e. The van der Waals surface area contributed by atoms with Crippen LogP contribution in [-0.2, 0) is 26.2 Å². The Bertz CT molecular complexity index is 306. The summed E-state index contributed by atoms with van der Waals surface area (Å²) in [4.78, 5) is 0. The van der Waals surface area contributed by atoms with Crippen LogP contribution < -0.4 is 24.8 Å². The van der Waals surface area contributed by atoms with Crippen molar-refractivity contribution >= 4 is 17.6 Å². The Morgan fingerprint density at radius 2 is 1.60 bits per heavy atom. The van der Waals surface area contributed by atoms with Crippen LogP contribution in [0.5, 0.6) is 0 Å². The molecule has 0 atom stereocenters. The molecule has 0 bridgehead atoms. The number of allylic oxidation sites excluding steroid dienone is 8. The number of hydrogen-bond donors (Lipinski definition) is 0. The monoisotopic (exact) mass is 421 g/mol. The third-order valence-electron chi connectivity index (χ3n) is 2.09. The van der Waals surface area contributed by atoms with E-state index in [2.05, 4.69) is 63.1 Å². The first-order valence-corrected chi connectivity index (χ1v) is 12.1. The molecule has 0 unspecified atom stereocenters. The molecule has 1 radical (unpaired) electrons. The molecule has 0 aromatic carbocycles. The van der Waals surface area contributed by atoms with Gasteiger partial charge in [0.1, 0.15) is 0 Å². The van der Waals surface area contributed by atoms with Crippen LogP contribution in [-0.4, -0.2) is 17.6 Å². The summed E-state index contributed by atoms with van der Waals surface area (Å²) in [5.74, 6) is 0. The molecular formula is C15H25Cl2Si2Zr. The molecule has 20 heavy (non-hydrogen) atoms. The normalized spacial score (nSPS) is 13.6. The zero-order valence-electron chi connectivity index (χ0n) is 13.1. The van der Waals surface area contributed by atoms with E-state index in [1.165, 1.54) is 5.20 Å². The van der Waals surface area contributed by atoms with E-state index >= 15 is 0 Å². The van der Waals surface area contributed by atoms with Crippen LogP contribution in [0.4, 0.5) is 0 Å². The van der Waals surface area contributed by atoms with Gasteiger partial charge in [-0.2, -0.15) is 12.2 Å².